The fraction of sp³-hybridized carbons (Fsp3) is 0.325. The van der Waals surface area contributed by atoms with E-state index in [0.717, 1.165) is 49.4 Å². The summed E-state index contributed by atoms with van der Waals surface area (Å²) in [5.74, 6) is 0. The van der Waals surface area contributed by atoms with Gasteiger partial charge in [0, 0.05) is 4.90 Å². The van der Waals surface area contributed by atoms with Gasteiger partial charge in [-0.3, -0.25) is 0 Å². The molecule has 0 saturated carbocycles. The third-order valence-corrected chi connectivity index (χ3v) is 18.2. The van der Waals surface area contributed by atoms with Crippen molar-refractivity contribution in [2.75, 3.05) is 19.8 Å². The fourth-order valence-corrected chi connectivity index (χ4v) is 13.2. The predicted molar refractivity (Wildman–Crippen MR) is 363 cm³/mol. The molecule has 0 radical (unpaired) electrons. The Balaban J connectivity index is 0.907. The number of benzene rings is 9. The minimum atomic E-state index is -1.46. The van der Waals surface area contributed by atoms with Crippen LogP contribution >= 0.6 is 11.8 Å². The lowest BCUT2D eigenvalue weighted by molar-refractivity contribution is -0.358. The molecular weight excluding hydrogens is 1230 g/mol. The first-order valence-corrected chi connectivity index (χ1v) is 33.8. The van der Waals surface area contributed by atoms with Gasteiger partial charge in [0.25, 0.3) is 0 Å². The zero-order valence-electron chi connectivity index (χ0n) is 53.5. The lowest BCUT2D eigenvalue weighted by Gasteiger charge is -2.50. The molecule has 0 aliphatic carbocycles. The van der Waals surface area contributed by atoms with Crippen molar-refractivity contribution in [3.63, 3.8) is 0 Å². The van der Waals surface area contributed by atoms with Crippen LogP contribution in [-0.2, 0) is 114 Å². The summed E-state index contributed by atoms with van der Waals surface area (Å²) in [6, 6.07) is 88.8. The molecule has 3 aliphatic rings. The second-order valence-corrected chi connectivity index (χ2v) is 25.2. The van der Waals surface area contributed by atoms with Crippen molar-refractivity contribution in [3.05, 3.63) is 317 Å². The maximum absolute atomic E-state index is 13.2. The van der Waals surface area contributed by atoms with Crippen molar-refractivity contribution in [1.29, 1.82) is 0 Å². The van der Waals surface area contributed by atoms with E-state index in [0.29, 0.717) is 6.61 Å². The Labute approximate surface area is 567 Å². The summed E-state index contributed by atoms with van der Waals surface area (Å²) in [4.78, 5) is 0.888. The zero-order chi connectivity index (χ0) is 65.4. The Bertz CT molecular complexity index is 3580. The Morgan fingerprint density at radius 2 is 0.531 bits per heavy atom. The molecule has 3 heterocycles. The van der Waals surface area contributed by atoms with Crippen molar-refractivity contribution in [1.82, 2.24) is 0 Å². The van der Waals surface area contributed by atoms with E-state index in [1.54, 1.807) is 0 Å². The fourth-order valence-electron chi connectivity index (χ4n) is 12.0. The Kier molecular flexibility index (Phi) is 26.0. The van der Waals surface area contributed by atoms with Crippen LogP contribution in [0.5, 0.6) is 0 Å². The maximum atomic E-state index is 13.2. The second kappa shape index (κ2) is 36.4. The van der Waals surface area contributed by atoms with E-state index in [1.165, 1.54) is 11.8 Å². The topological polar surface area (TPSA) is 160 Å². The third kappa shape index (κ3) is 19.7. The molecule has 3 fully saturated rings. The van der Waals surface area contributed by atoms with Crippen molar-refractivity contribution in [3.8, 4) is 0 Å². The second-order valence-electron chi connectivity index (χ2n) is 24.0. The summed E-state index contributed by atoms with van der Waals surface area (Å²) >= 11 is 1.45. The van der Waals surface area contributed by atoms with Crippen molar-refractivity contribution < 1.29 is 71.8 Å². The van der Waals surface area contributed by atoms with Crippen LogP contribution in [0.2, 0.25) is 0 Å². The summed E-state index contributed by atoms with van der Waals surface area (Å²) in [5.41, 5.74) is 6.57. The highest BCUT2D eigenvalue weighted by Gasteiger charge is 2.55. The van der Waals surface area contributed by atoms with E-state index in [1.807, 2.05) is 273 Å². The molecular formula is C80H84O15S. The lowest BCUT2D eigenvalue weighted by Crippen LogP contribution is -2.66. The van der Waals surface area contributed by atoms with Crippen LogP contribution in [0.25, 0.3) is 0 Å². The third-order valence-electron chi connectivity index (χ3n) is 17.0. The first kappa shape index (κ1) is 68.7. The number of aliphatic hydroxyl groups excluding tert-OH is 2. The molecule has 0 aromatic heterocycles. The normalized spacial score (nSPS) is 25.9. The van der Waals surface area contributed by atoms with Gasteiger partial charge in [0.1, 0.15) is 78.7 Å². The molecule has 15 atom stereocenters. The van der Waals surface area contributed by atoms with Gasteiger partial charge in [-0.1, -0.05) is 273 Å². The van der Waals surface area contributed by atoms with Gasteiger partial charge in [-0.05, 0) is 56.6 Å². The number of hydrogen-bond donors (Lipinski definition) is 2. The van der Waals surface area contributed by atoms with Crippen LogP contribution in [0.3, 0.4) is 0 Å². The average molecular weight is 1320 g/mol. The highest BCUT2D eigenvalue weighted by atomic mass is 32.2. The van der Waals surface area contributed by atoms with Gasteiger partial charge in [-0.25, -0.2) is 0 Å². The monoisotopic (exact) mass is 1320 g/mol. The largest absolute Gasteiger partial charge is 0.385 e. The van der Waals surface area contributed by atoms with Crippen LogP contribution in [0.15, 0.2) is 278 Å². The highest BCUT2D eigenvalue weighted by Crippen LogP contribution is 2.41. The molecule has 16 heteroatoms. The number of rotatable bonds is 33. The van der Waals surface area contributed by atoms with Gasteiger partial charge in [-0.2, -0.15) is 0 Å². The molecule has 3 saturated heterocycles. The van der Waals surface area contributed by atoms with Crippen molar-refractivity contribution >= 4 is 11.8 Å². The highest BCUT2D eigenvalue weighted by molar-refractivity contribution is 7.99. The van der Waals surface area contributed by atoms with Crippen molar-refractivity contribution in [2.45, 2.75) is 149 Å². The van der Waals surface area contributed by atoms with Crippen LogP contribution in [0.4, 0.5) is 0 Å². The summed E-state index contributed by atoms with van der Waals surface area (Å²) in [7, 11) is 0. The van der Waals surface area contributed by atoms with Crippen molar-refractivity contribution in [2.24, 2.45) is 0 Å². The molecule has 0 bridgehead atoms. The Morgan fingerprint density at radius 1 is 0.260 bits per heavy atom. The van der Waals surface area contributed by atoms with Crippen LogP contribution in [0, 0.1) is 0 Å². The maximum Gasteiger partial charge on any atom is 0.187 e. The minimum Gasteiger partial charge on any atom is -0.385 e. The molecule has 9 aromatic rings. The van der Waals surface area contributed by atoms with E-state index in [4.69, 9.17) is 61.6 Å². The average Bonchev–Trinajstić information content (AvgIpc) is 0.780. The van der Waals surface area contributed by atoms with Gasteiger partial charge >= 0.3 is 0 Å². The van der Waals surface area contributed by atoms with Gasteiger partial charge in [0.15, 0.2) is 12.6 Å². The number of ether oxygens (including phenoxy) is 13. The SMILES string of the molecule is OC1[C@@H](O[C@@H]2C(OCc3ccccc3)[C@@H](Sc3ccccc3)OC(CO[C@H]3OC(COCc4ccccc4)[C@@H](OCc4ccccc4)[C@H](OCc4ccccc4)C3O)[C@H]2OCc2ccccc2)OC(COCc2ccccc2)[C@@H](OCc2ccccc2)[C@@H]1OCc1ccccc1. The molecule has 96 heavy (non-hydrogen) atoms. The minimum absolute atomic E-state index is 0.0426. The van der Waals surface area contributed by atoms with Crippen LogP contribution in [-0.4, -0.2) is 121 Å². The molecule has 3 aliphatic heterocycles. The Hall–Kier alpha value is -7.27. The molecule has 6 unspecified atom stereocenters. The molecule has 15 nitrogen and oxygen atoms in total. The van der Waals surface area contributed by atoms with E-state index in [2.05, 4.69) is 0 Å². The first-order chi connectivity index (χ1) is 47.4. The van der Waals surface area contributed by atoms with Crippen LogP contribution < -0.4 is 0 Å². The summed E-state index contributed by atoms with van der Waals surface area (Å²) in [6.07, 6.45) is -14.9. The summed E-state index contributed by atoms with van der Waals surface area (Å²) in [6.45, 7) is 1.44. The van der Waals surface area contributed by atoms with E-state index < -0.39 is 91.3 Å². The predicted octanol–water partition coefficient (Wildman–Crippen LogP) is 13.0. The smallest absolute Gasteiger partial charge is 0.187 e. The molecule has 500 valence electrons. The first-order valence-electron chi connectivity index (χ1n) is 32.9. The van der Waals surface area contributed by atoms with E-state index >= 15 is 0 Å². The van der Waals surface area contributed by atoms with Crippen LogP contribution in [0.1, 0.15) is 44.5 Å². The molecule has 12 rings (SSSR count). The number of thioether (sulfide) groups is 1. The van der Waals surface area contributed by atoms with E-state index in [-0.39, 0.29) is 66.1 Å². The lowest BCUT2D eigenvalue weighted by atomic mass is 9.96. The summed E-state index contributed by atoms with van der Waals surface area (Å²) < 4.78 is 90.6. The molecule has 0 spiro atoms. The number of hydrogen-bond acceptors (Lipinski definition) is 16. The zero-order valence-corrected chi connectivity index (χ0v) is 54.3. The quantitative estimate of drug-likeness (QED) is 0.0399. The van der Waals surface area contributed by atoms with Gasteiger partial charge in [-0.15, -0.1) is 0 Å². The number of aliphatic hydroxyl groups is 2. The Morgan fingerprint density at radius 3 is 0.885 bits per heavy atom. The summed E-state index contributed by atoms with van der Waals surface area (Å²) in [5, 5.41) is 26.0. The molecule has 0 amide bonds. The van der Waals surface area contributed by atoms with E-state index in [9.17, 15) is 10.2 Å². The van der Waals surface area contributed by atoms with Gasteiger partial charge in [0.05, 0.1) is 72.7 Å². The van der Waals surface area contributed by atoms with Gasteiger partial charge in [0.2, 0.25) is 0 Å². The standard InChI is InChI=1S/C80H84O15S/c81-69-74(88-51-62-38-20-6-21-39-62)71(85-48-59-32-14-3-15-33-59)66(54-83-46-57-28-10-1-11-29-57)92-78(69)91-56-68-73(87-50-61-36-18-5-19-37-61)76(77(90-53-64-42-24-8-25-43-64)80(94-68)96-65-44-26-9-27-45-65)95-79-70(82)75(89-52-63-40-22-7-23-41-63)72(86-49-60-34-16-4-17-35-60)67(93-79)55-84-47-58-30-12-2-13-31-58/h1-45,66-82H,46-56H2/t66?,67?,68?,69?,70?,71-,72-,73-,74-,75-,76+,77?,78+,79-,80-/m1/s1. The molecule has 2 N–H and O–H groups in total. The molecule has 9 aromatic carbocycles. The van der Waals surface area contributed by atoms with Gasteiger partial charge < -0.3 is 71.8 Å².